The van der Waals surface area contributed by atoms with Crippen molar-refractivity contribution in [3.63, 3.8) is 0 Å². The third-order valence-corrected chi connectivity index (χ3v) is 2.19. The van der Waals surface area contributed by atoms with E-state index in [0.29, 0.717) is 0 Å². The Kier molecular flexibility index (Phi) is 6.49. The van der Waals surface area contributed by atoms with Gasteiger partial charge in [0, 0.05) is 13.0 Å². The lowest BCUT2D eigenvalue weighted by molar-refractivity contribution is 0.409. The van der Waals surface area contributed by atoms with Crippen molar-refractivity contribution in [1.82, 2.24) is 15.5 Å². The second kappa shape index (κ2) is 8.17. The average Bonchev–Trinajstić information content (AvgIpc) is 2.75. The quantitative estimate of drug-likeness (QED) is 0.499. The molecule has 0 saturated heterocycles. The Bertz CT molecular complexity index is 246. The Morgan fingerprint density at radius 1 is 1.33 bits per heavy atom. The molecule has 0 radical (unpaired) electrons. The fourth-order valence-electron chi connectivity index (χ4n) is 1.34. The van der Waals surface area contributed by atoms with E-state index in [1.807, 2.05) is 6.08 Å². The van der Waals surface area contributed by atoms with Crippen molar-refractivity contribution in [2.24, 2.45) is 0 Å². The zero-order valence-corrected chi connectivity index (χ0v) is 9.11. The second-order valence-electron chi connectivity index (χ2n) is 3.49. The molecule has 1 aromatic rings. The van der Waals surface area contributed by atoms with Crippen molar-refractivity contribution in [2.75, 3.05) is 13.1 Å². The van der Waals surface area contributed by atoms with E-state index in [1.165, 1.54) is 25.7 Å². The lowest BCUT2D eigenvalue weighted by Crippen LogP contribution is -2.18. The molecular formula is C11H19N3O. The Hall–Kier alpha value is -1.16. The number of rotatable bonds is 9. The molecule has 0 aliphatic carbocycles. The van der Waals surface area contributed by atoms with E-state index in [0.717, 1.165) is 31.8 Å². The predicted octanol–water partition coefficient (Wildman–Crippen LogP) is 1.95. The summed E-state index contributed by atoms with van der Waals surface area (Å²) in [5.41, 5.74) is 0. The van der Waals surface area contributed by atoms with Crippen LogP contribution in [0.1, 0.15) is 31.5 Å². The standard InChI is InChI=1S/C11H19N3O/c1-2-3-4-5-6-8-12-9-7-11-13-10-15-14-11/h2,10,12H,1,3-9H2. The lowest BCUT2D eigenvalue weighted by atomic mass is 10.2. The van der Waals surface area contributed by atoms with Gasteiger partial charge < -0.3 is 9.84 Å². The van der Waals surface area contributed by atoms with Gasteiger partial charge in [0.05, 0.1) is 0 Å². The molecule has 0 aromatic carbocycles. The Balaban J connectivity index is 1.83. The van der Waals surface area contributed by atoms with Gasteiger partial charge in [-0.2, -0.15) is 4.98 Å². The number of allylic oxidation sites excluding steroid dienone is 1. The minimum absolute atomic E-state index is 0.772. The van der Waals surface area contributed by atoms with Crippen LogP contribution in [0.3, 0.4) is 0 Å². The summed E-state index contributed by atoms with van der Waals surface area (Å²) in [6.07, 6.45) is 9.04. The van der Waals surface area contributed by atoms with Gasteiger partial charge in [0.15, 0.2) is 5.82 Å². The predicted molar refractivity (Wildman–Crippen MR) is 59.5 cm³/mol. The van der Waals surface area contributed by atoms with E-state index >= 15 is 0 Å². The van der Waals surface area contributed by atoms with Crippen LogP contribution in [0.4, 0.5) is 0 Å². The first-order chi connectivity index (χ1) is 7.43. The van der Waals surface area contributed by atoms with Crippen LogP contribution in [0, 0.1) is 0 Å². The van der Waals surface area contributed by atoms with Crippen molar-refractivity contribution >= 4 is 0 Å². The van der Waals surface area contributed by atoms with Gasteiger partial charge in [-0.05, 0) is 25.8 Å². The molecule has 0 spiro atoms. The van der Waals surface area contributed by atoms with Gasteiger partial charge in [-0.3, -0.25) is 0 Å². The highest BCUT2D eigenvalue weighted by molar-refractivity contribution is 4.78. The lowest BCUT2D eigenvalue weighted by Gasteiger charge is -2.01. The van der Waals surface area contributed by atoms with Gasteiger partial charge in [-0.15, -0.1) is 6.58 Å². The maximum absolute atomic E-state index is 4.64. The van der Waals surface area contributed by atoms with Crippen molar-refractivity contribution in [3.05, 3.63) is 24.9 Å². The second-order valence-corrected chi connectivity index (χ2v) is 3.49. The van der Waals surface area contributed by atoms with Gasteiger partial charge >= 0.3 is 0 Å². The summed E-state index contributed by atoms with van der Waals surface area (Å²) in [4.78, 5) is 3.95. The highest BCUT2D eigenvalue weighted by Crippen LogP contribution is 1.98. The maximum Gasteiger partial charge on any atom is 0.213 e. The van der Waals surface area contributed by atoms with Crippen molar-refractivity contribution in [3.8, 4) is 0 Å². The zero-order valence-electron chi connectivity index (χ0n) is 9.11. The smallest absolute Gasteiger partial charge is 0.213 e. The van der Waals surface area contributed by atoms with Gasteiger partial charge in [0.25, 0.3) is 0 Å². The third-order valence-electron chi connectivity index (χ3n) is 2.19. The summed E-state index contributed by atoms with van der Waals surface area (Å²) in [6, 6.07) is 0. The first-order valence-electron chi connectivity index (χ1n) is 5.50. The van der Waals surface area contributed by atoms with Crippen LogP contribution in [-0.4, -0.2) is 23.2 Å². The summed E-state index contributed by atoms with van der Waals surface area (Å²) < 4.78 is 4.64. The van der Waals surface area contributed by atoms with E-state index in [-0.39, 0.29) is 0 Å². The summed E-state index contributed by atoms with van der Waals surface area (Å²) in [7, 11) is 0. The van der Waals surface area contributed by atoms with Crippen LogP contribution < -0.4 is 5.32 Å². The normalized spacial score (nSPS) is 10.4. The first kappa shape index (κ1) is 11.9. The van der Waals surface area contributed by atoms with E-state index in [1.54, 1.807) is 0 Å². The number of hydrogen-bond acceptors (Lipinski definition) is 4. The molecule has 0 saturated carbocycles. The van der Waals surface area contributed by atoms with E-state index < -0.39 is 0 Å². The van der Waals surface area contributed by atoms with Crippen LogP contribution in [0.15, 0.2) is 23.6 Å². The highest BCUT2D eigenvalue weighted by atomic mass is 16.5. The number of unbranched alkanes of at least 4 members (excludes halogenated alkanes) is 3. The molecule has 1 aromatic heterocycles. The molecule has 0 amide bonds. The number of aromatic nitrogens is 2. The highest BCUT2D eigenvalue weighted by Gasteiger charge is 1.96. The van der Waals surface area contributed by atoms with Crippen molar-refractivity contribution in [2.45, 2.75) is 32.1 Å². The Morgan fingerprint density at radius 2 is 2.27 bits per heavy atom. The van der Waals surface area contributed by atoms with E-state index in [2.05, 4.69) is 26.6 Å². The molecule has 4 nitrogen and oxygen atoms in total. The first-order valence-corrected chi connectivity index (χ1v) is 5.50. The fraction of sp³-hybridized carbons (Fsp3) is 0.636. The molecule has 0 aliphatic rings. The average molecular weight is 209 g/mol. The molecule has 0 atom stereocenters. The summed E-state index contributed by atoms with van der Waals surface area (Å²) >= 11 is 0. The van der Waals surface area contributed by atoms with Crippen LogP contribution in [0.5, 0.6) is 0 Å². The molecule has 0 fully saturated rings. The Labute approximate surface area is 90.8 Å². The molecular weight excluding hydrogens is 190 g/mol. The minimum atomic E-state index is 0.772. The summed E-state index contributed by atoms with van der Waals surface area (Å²) in [5.74, 6) is 0.772. The zero-order chi connectivity index (χ0) is 10.8. The molecule has 0 unspecified atom stereocenters. The molecule has 84 valence electrons. The minimum Gasteiger partial charge on any atom is -0.343 e. The van der Waals surface area contributed by atoms with Crippen LogP contribution in [0.25, 0.3) is 0 Å². The molecule has 15 heavy (non-hydrogen) atoms. The summed E-state index contributed by atoms with van der Waals surface area (Å²) in [5, 5.41) is 7.09. The van der Waals surface area contributed by atoms with E-state index in [4.69, 9.17) is 0 Å². The van der Waals surface area contributed by atoms with Gasteiger partial charge in [0.1, 0.15) is 0 Å². The van der Waals surface area contributed by atoms with Crippen LogP contribution in [-0.2, 0) is 6.42 Å². The Morgan fingerprint density at radius 3 is 3.00 bits per heavy atom. The number of hydrogen-bond donors (Lipinski definition) is 1. The van der Waals surface area contributed by atoms with Crippen LogP contribution >= 0.6 is 0 Å². The van der Waals surface area contributed by atoms with Crippen molar-refractivity contribution in [1.29, 1.82) is 0 Å². The fourth-order valence-corrected chi connectivity index (χ4v) is 1.34. The number of nitrogens with one attached hydrogen (secondary N) is 1. The SMILES string of the molecule is C=CCCCCCNCCc1ncon1. The summed E-state index contributed by atoms with van der Waals surface area (Å²) in [6.45, 7) is 5.68. The topological polar surface area (TPSA) is 51.0 Å². The monoisotopic (exact) mass is 209 g/mol. The largest absolute Gasteiger partial charge is 0.343 e. The molecule has 1 N–H and O–H groups in total. The molecule has 0 aliphatic heterocycles. The molecule has 1 heterocycles. The van der Waals surface area contributed by atoms with Gasteiger partial charge in [-0.1, -0.05) is 17.7 Å². The molecule has 0 bridgehead atoms. The molecule has 4 heteroatoms. The van der Waals surface area contributed by atoms with E-state index in [9.17, 15) is 0 Å². The third kappa shape index (κ3) is 6.01. The van der Waals surface area contributed by atoms with Crippen molar-refractivity contribution < 1.29 is 4.52 Å². The maximum atomic E-state index is 4.64. The van der Waals surface area contributed by atoms with Crippen LogP contribution in [0.2, 0.25) is 0 Å². The van der Waals surface area contributed by atoms with Gasteiger partial charge in [0.2, 0.25) is 6.39 Å². The van der Waals surface area contributed by atoms with Gasteiger partial charge in [-0.25, -0.2) is 0 Å². The number of nitrogens with zero attached hydrogens (tertiary/aromatic N) is 2. The molecule has 1 rings (SSSR count).